The summed E-state index contributed by atoms with van der Waals surface area (Å²) in [5.74, 6) is 0. The molecule has 0 radical (unpaired) electrons. The molecule has 2 rings (SSSR count). The molecule has 1 aromatic heterocycles. The number of rotatable bonds is 6. The zero-order valence-corrected chi connectivity index (χ0v) is 12.8. The van der Waals surface area contributed by atoms with E-state index in [9.17, 15) is 0 Å². The molecule has 0 amide bonds. The molecule has 0 aliphatic heterocycles. The summed E-state index contributed by atoms with van der Waals surface area (Å²) < 4.78 is 1.16. The lowest BCUT2D eigenvalue weighted by Gasteiger charge is -2.19. The van der Waals surface area contributed by atoms with Crippen LogP contribution in [-0.4, -0.2) is 11.5 Å². The normalized spacial score (nSPS) is 12.6. The van der Waals surface area contributed by atoms with Gasteiger partial charge in [0.1, 0.15) is 0 Å². The van der Waals surface area contributed by atoms with Crippen molar-refractivity contribution in [3.63, 3.8) is 0 Å². The lowest BCUT2D eigenvalue weighted by molar-refractivity contribution is 0.526. The van der Waals surface area contributed by atoms with Gasteiger partial charge in [0.15, 0.2) is 0 Å². The molecule has 2 aromatic rings. The highest BCUT2D eigenvalue weighted by atomic mass is 79.9. The van der Waals surface area contributed by atoms with Crippen LogP contribution in [0.4, 0.5) is 0 Å². The summed E-state index contributed by atoms with van der Waals surface area (Å²) in [6, 6.07) is 8.73. The minimum atomic E-state index is 0.326. The summed E-state index contributed by atoms with van der Waals surface area (Å²) in [7, 11) is 0. The van der Waals surface area contributed by atoms with Crippen LogP contribution in [0.1, 0.15) is 30.0 Å². The fourth-order valence-electron chi connectivity index (χ4n) is 1.90. The number of thiazole rings is 1. The van der Waals surface area contributed by atoms with E-state index in [0.717, 1.165) is 23.9 Å². The van der Waals surface area contributed by atoms with Crippen LogP contribution in [0, 0.1) is 0 Å². The Balaban J connectivity index is 2.16. The largest absolute Gasteiger partial charge is 0.310 e. The number of benzene rings is 1. The van der Waals surface area contributed by atoms with Gasteiger partial charge in [0.25, 0.3) is 0 Å². The van der Waals surface area contributed by atoms with Gasteiger partial charge in [-0.3, -0.25) is 0 Å². The predicted octanol–water partition coefficient (Wildman–Crippen LogP) is 4.19. The van der Waals surface area contributed by atoms with Crippen molar-refractivity contribution in [2.24, 2.45) is 0 Å². The Kier molecular flexibility index (Phi) is 5.35. The molecule has 1 unspecified atom stereocenters. The third kappa shape index (κ3) is 3.64. The maximum atomic E-state index is 4.38. The van der Waals surface area contributed by atoms with Gasteiger partial charge >= 0.3 is 0 Å². The van der Waals surface area contributed by atoms with Crippen LogP contribution in [0.3, 0.4) is 0 Å². The Morgan fingerprint density at radius 3 is 2.89 bits per heavy atom. The lowest BCUT2D eigenvalue weighted by atomic mass is 10.0. The van der Waals surface area contributed by atoms with Gasteiger partial charge in [-0.15, -0.1) is 11.3 Å². The van der Waals surface area contributed by atoms with Gasteiger partial charge in [0, 0.05) is 28.5 Å². The maximum absolute atomic E-state index is 4.38. The number of hydrogen-bond donors (Lipinski definition) is 1. The molecule has 1 aromatic carbocycles. The van der Waals surface area contributed by atoms with E-state index in [1.54, 1.807) is 11.3 Å². The molecule has 0 aliphatic rings. The summed E-state index contributed by atoms with van der Waals surface area (Å²) in [6.07, 6.45) is 3.95. The molecular formula is C14H17BrN2S. The summed E-state index contributed by atoms with van der Waals surface area (Å²) in [5, 5.41) is 6.82. The smallest absolute Gasteiger partial charge is 0.0943 e. The number of nitrogens with one attached hydrogen (secondary N) is 1. The number of aromatic nitrogens is 1. The molecule has 0 spiro atoms. The molecule has 0 fully saturated rings. The van der Waals surface area contributed by atoms with Crippen molar-refractivity contribution in [3.8, 4) is 0 Å². The monoisotopic (exact) mass is 324 g/mol. The van der Waals surface area contributed by atoms with Gasteiger partial charge in [-0.2, -0.15) is 0 Å². The van der Waals surface area contributed by atoms with Crippen LogP contribution in [0.2, 0.25) is 0 Å². The fraction of sp³-hybridized carbons (Fsp3) is 0.357. The van der Waals surface area contributed by atoms with Crippen LogP contribution in [-0.2, 0) is 6.42 Å². The molecule has 1 N–H and O–H groups in total. The van der Waals surface area contributed by atoms with E-state index in [4.69, 9.17) is 0 Å². The SMILES string of the molecule is CCCNC(Cc1nccs1)c1ccccc1Br. The second-order valence-corrected chi connectivity index (χ2v) is 5.99. The quantitative estimate of drug-likeness (QED) is 0.861. The Hall–Kier alpha value is -0.710. The molecule has 18 heavy (non-hydrogen) atoms. The third-order valence-electron chi connectivity index (χ3n) is 2.78. The van der Waals surface area contributed by atoms with Crippen LogP contribution in [0.25, 0.3) is 0 Å². The Bertz CT molecular complexity index is 470. The van der Waals surface area contributed by atoms with E-state index in [2.05, 4.69) is 51.4 Å². The van der Waals surface area contributed by atoms with Crippen LogP contribution in [0.5, 0.6) is 0 Å². The molecule has 0 saturated heterocycles. The van der Waals surface area contributed by atoms with Gasteiger partial charge in [0.2, 0.25) is 0 Å². The summed E-state index contributed by atoms with van der Waals surface area (Å²) in [4.78, 5) is 4.38. The summed E-state index contributed by atoms with van der Waals surface area (Å²) in [5.41, 5.74) is 1.31. The fourth-order valence-corrected chi connectivity index (χ4v) is 3.12. The maximum Gasteiger partial charge on any atom is 0.0943 e. The average Bonchev–Trinajstić information content (AvgIpc) is 2.88. The van der Waals surface area contributed by atoms with Gasteiger partial charge in [0.05, 0.1) is 5.01 Å². The lowest BCUT2D eigenvalue weighted by Crippen LogP contribution is -2.24. The Morgan fingerprint density at radius 1 is 1.39 bits per heavy atom. The van der Waals surface area contributed by atoms with E-state index < -0.39 is 0 Å². The molecule has 4 heteroatoms. The highest BCUT2D eigenvalue weighted by molar-refractivity contribution is 9.10. The highest BCUT2D eigenvalue weighted by Gasteiger charge is 2.15. The van der Waals surface area contributed by atoms with Gasteiger partial charge < -0.3 is 5.32 Å². The Labute approximate surface area is 121 Å². The van der Waals surface area contributed by atoms with Crippen molar-refractivity contribution in [2.45, 2.75) is 25.8 Å². The first-order valence-electron chi connectivity index (χ1n) is 6.17. The molecule has 0 saturated carbocycles. The van der Waals surface area contributed by atoms with Gasteiger partial charge in [-0.25, -0.2) is 4.98 Å². The van der Waals surface area contributed by atoms with Crippen LogP contribution >= 0.6 is 27.3 Å². The first kappa shape index (κ1) is 13.7. The minimum absolute atomic E-state index is 0.326. The second-order valence-electron chi connectivity index (χ2n) is 4.16. The predicted molar refractivity (Wildman–Crippen MR) is 81.0 cm³/mol. The molecule has 0 bridgehead atoms. The van der Waals surface area contributed by atoms with Crippen LogP contribution < -0.4 is 5.32 Å². The summed E-state index contributed by atoms with van der Waals surface area (Å²) in [6.45, 7) is 3.21. The molecule has 1 atom stereocenters. The summed E-state index contributed by atoms with van der Waals surface area (Å²) >= 11 is 5.35. The van der Waals surface area contributed by atoms with E-state index in [0.29, 0.717) is 6.04 Å². The number of nitrogens with zero attached hydrogens (tertiary/aromatic N) is 1. The number of hydrogen-bond acceptors (Lipinski definition) is 3. The van der Waals surface area contributed by atoms with E-state index in [-0.39, 0.29) is 0 Å². The molecule has 96 valence electrons. The zero-order chi connectivity index (χ0) is 12.8. The van der Waals surface area contributed by atoms with Crippen molar-refractivity contribution < 1.29 is 0 Å². The standard InChI is InChI=1S/C14H17BrN2S/c1-2-7-16-13(10-14-17-8-9-18-14)11-5-3-4-6-12(11)15/h3-6,8-9,13,16H,2,7,10H2,1H3. The average molecular weight is 325 g/mol. The third-order valence-corrected chi connectivity index (χ3v) is 4.31. The van der Waals surface area contributed by atoms with E-state index >= 15 is 0 Å². The first-order valence-corrected chi connectivity index (χ1v) is 7.84. The number of halogens is 1. The topological polar surface area (TPSA) is 24.9 Å². The molecule has 0 aliphatic carbocycles. The van der Waals surface area contributed by atoms with Crippen molar-refractivity contribution >= 4 is 27.3 Å². The van der Waals surface area contributed by atoms with Crippen LogP contribution in [0.15, 0.2) is 40.3 Å². The molecule has 2 nitrogen and oxygen atoms in total. The van der Waals surface area contributed by atoms with Crippen molar-refractivity contribution in [1.29, 1.82) is 0 Å². The van der Waals surface area contributed by atoms with Gasteiger partial charge in [-0.05, 0) is 24.6 Å². The van der Waals surface area contributed by atoms with Gasteiger partial charge in [-0.1, -0.05) is 41.1 Å². The van der Waals surface area contributed by atoms with E-state index in [1.165, 1.54) is 10.6 Å². The first-order chi connectivity index (χ1) is 8.81. The minimum Gasteiger partial charge on any atom is -0.310 e. The second kappa shape index (κ2) is 7.02. The van der Waals surface area contributed by atoms with Crippen molar-refractivity contribution in [1.82, 2.24) is 10.3 Å². The zero-order valence-electron chi connectivity index (χ0n) is 10.4. The molecular weight excluding hydrogens is 308 g/mol. The highest BCUT2D eigenvalue weighted by Crippen LogP contribution is 2.26. The Morgan fingerprint density at radius 2 is 2.22 bits per heavy atom. The van der Waals surface area contributed by atoms with Crippen molar-refractivity contribution in [3.05, 3.63) is 50.9 Å². The van der Waals surface area contributed by atoms with E-state index in [1.807, 2.05) is 17.6 Å². The molecule has 1 heterocycles. The van der Waals surface area contributed by atoms with Crippen molar-refractivity contribution in [2.75, 3.05) is 6.54 Å².